The van der Waals surface area contributed by atoms with E-state index in [9.17, 15) is 19.2 Å². The molecule has 0 spiro atoms. The highest BCUT2D eigenvalue weighted by Crippen LogP contribution is 2.37. The number of likely N-dealkylation sites (tertiary alicyclic amines) is 1. The summed E-state index contributed by atoms with van der Waals surface area (Å²) in [5, 5.41) is 2.21. The highest BCUT2D eigenvalue weighted by atomic mass is 19.1. The van der Waals surface area contributed by atoms with Crippen molar-refractivity contribution in [3.8, 4) is 0 Å². The number of imide groups is 1. The minimum atomic E-state index is -1.50. The van der Waals surface area contributed by atoms with Crippen molar-refractivity contribution in [3.05, 3.63) is 34.6 Å². The summed E-state index contributed by atoms with van der Waals surface area (Å²) in [6, 6.07) is 2.03. The molecule has 3 heterocycles. The van der Waals surface area contributed by atoms with Crippen LogP contribution in [0.4, 0.5) is 13.6 Å². The first-order valence-corrected chi connectivity index (χ1v) is 11.0. The molecule has 4 amide bonds. The van der Waals surface area contributed by atoms with Crippen LogP contribution in [0.1, 0.15) is 67.4 Å². The van der Waals surface area contributed by atoms with Crippen LogP contribution in [0.2, 0.25) is 0 Å². The molecule has 178 valence electrons. The van der Waals surface area contributed by atoms with Crippen molar-refractivity contribution in [3.63, 3.8) is 0 Å². The number of hydrogen-bond donors (Lipinski definition) is 1. The van der Waals surface area contributed by atoms with E-state index < -0.39 is 53.4 Å². The van der Waals surface area contributed by atoms with Gasteiger partial charge in [-0.3, -0.25) is 19.7 Å². The first kappa shape index (κ1) is 23.1. The van der Waals surface area contributed by atoms with Crippen LogP contribution in [0.25, 0.3) is 0 Å². The smallest absolute Gasteiger partial charge is 0.410 e. The van der Waals surface area contributed by atoms with Gasteiger partial charge in [0, 0.05) is 30.0 Å². The Balaban J connectivity index is 1.50. The van der Waals surface area contributed by atoms with Gasteiger partial charge in [-0.05, 0) is 45.2 Å². The molecule has 3 atom stereocenters. The second kappa shape index (κ2) is 8.39. The predicted molar refractivity (Wildman–Crippen MR) is 113 cm³/mol. The van der Waals surface area contributed by atoms with Crippen LogP contribution in [0.3, 0.4) is 0 Å². The Bertz CT molecular complexity index is 1020. The average molecular weight is 463 g/mol. The summed E-state index contributed by atoms with van der Waals surface area (Å²) in [5.74, 6) is -2.89. The average Bonchev–Trinajstić information content (AvgIpc) is 3.05. The standard InChI is InChI=1S/C23H27F2N3O5/c1-23(2,3)33-22(32)27-9-8-12(16(24)11-27)13-4-5-14-15(19(13)25)10-28(21(14)31)17-6-7-18(29)26-20(17)30/h4-5,12,16-17H,6-11H2,1-3H3,(H,26,29,30). The third-order valence-corrected chi connectivity index (χ3v) is 6.27. The zero-order valence-electron chi connectivity index (χ0n) is 18.8. The van der Waals surface area contributed by atoms with Gasteiger partial charge in [0.05, 0.1) is 13.1 Å². The molecular formula is C23H27F2N3O5. The monoisotopic (exact) mass is 463 g/mol. The quantitative estimate of drug-likeness (QED) is 0.681. The van der Waals surface area contributed by atoms with Crippen LogP contribution in [0.15, 0.2) is 12.1 Å². The molecule has 1 aromatic rings. The molecule has 1 aromatic carbocycles. The molecule has 8 nitrogen and oxygen atoms in total. The fraction of sp³-hybridized carbons (Fsp3) is 0.565. The molecule has 2 fully saturated rings. The van der Waals surface area contributed by atoms with Gasteiger partial charge in [-0.2, -0.15) is 0 Å². The number of ether oxygens (including phenoxy) is 1. The summed E-state index contributed by atoms with van der Waals surface area (Å²) >= 11 is 0. The highest BCUT2D eigenvalue weighted by molar-refractivity contribution is 6.05. The number of carbonyl (C=O) groups is 4. The van der Waals surface area contributed by atoms with Crippen molar-refractivity contribution >= 4 is 23.8 Å². The third-order valence-electron chi connectivity index (χ3n) is 6.27. The van der Waals surface area contributed by atoms with Crippen LogP contribution >= 0.6 is 0 Å². The Morgan fingerprint density at radius 3 is 2.55 bits per heavy atom. The van der Waals surface area contributed by atoms with Crippen LogP contribution in [-0.2, 0) is 20.9 Å². The van der Waals surface area contributed by atoms with E-state index in [0.717, 1.165) is 0 Å². The largest absolute Gasteiger partial charge is 0.444 e. The van der Waals surface area contributed by atoms with Crippen molar-refractivity contribution in [1.29, 1.82) is 0 Å². The van der Waals surface area contributed by atoms with Gasteiger partial charge in [0.25, 0.3) is 5.91 Å². The first-order chi connectivity index (χ1) is 15.5. The molecule has 3 unspecified atom stereocenters. The zero-order valence-corrected chi connectivity index (χ0v) is 18.8. The lowest BCUT2D eigenvalue weighted by atomic mass is 9.86. The zero-order chi connectivity index (χ0) is 24.1. The van der Waals surface area contributed by atoms with E-state index in [1.54, 1.807) is 20.8 Å². The molecule has 0 aliphatic carbocycles. The maximum absolute atomic E-state index is 15.5. The lowest BCUT2D eigenvalue weighted by Gasteiger charge is -2.36. The molecule has 10 heteroatoms. The van der Waals surface area contributed by atoms with Gasteiger partial charge in [0.15, 0.2) is 0 Å². The van der Waals surface area contributed by atoms with Gasteiger partial charge < -0.3 is 14.5 Å². The molecule has 1 N–H and O–H groups in total. The number of hydrogen-bond acceptors (Lipinski definition) is 5. The van der Waals surface area contributed by atoms with E-state index in [2.05, 4.69) is 5.32 Å². The normalized spacial score (nSPS) is 25.7. The van der Waals surface area contributed by atoms with Crippen molar-refractivity contribution in [2.45, 2.75) is 70.3 Å². The maximum Gasteiger partial charge on any atom is 0.410 e. The number of benzene rings is 1. The lowest BCUT2D eigenvalue weighted by molar-refractivity contribution is -0.136. The van der Waals surface area contributed by atoms with Crippen molar-refractivity contribution in [2.24, 2.45) is 0 Å². The molecule has 0 radical (unpaired) electrons. The van der Waals surface area contributed by atoms with Gasteiger partial charge in [-0.1, -0.05) is 6.07 Å². The molecule has 33 heavy (non-hydrogen) atoms. The topological polar surface area (TPSA) is 96.0 Å². The van der Waals surface area contributed by atoms with E-state index >= 15 is 8.78 Å². The van der Waals surface area contributed by atoms with Crippen LogP contribution in [0.5, 0.6) is 0 Å². The van der Waals surface area contributed by atoms with Crippen molar-refractivity contribution in [1.82, 2.24) is 15.1 Å². The Kier molecular flexibility index (Phi) is 5.88. The summed E-state index contributed by atoms with van der Waals surface area (Å²) in [5.41, 5.74) is -0.276. The fourth-order valence-electron chi connectivity index (χ4n) is 4.66. The molecule has 4 rings (SSSR count). The molecule has 2 saturated heterocycles. The van der Waals surface area contributed by atoms with Crippen LogP contribution in [0, 0.1) is 5.82 Å². The number of nitrogens with one attached hydrogen (secondary N) is 1. The van der Waals surface area contributed by atoms with Gasteiger partial charge in [0.1, 0.15) is 23.6 Å². The van der Waals surface area contributed by atoms with E-state index in [4.69, 9.17) is 4.74 Å². The molecule has 3 aliphatic rings. The Labute approximate surface area is 190 Å². The SMILES string of the molecule is CC(C)(C)OC(=O)N1CCC(c2ccc3c(c2F)CN(C2CCC(=O)NC2=O)C3=O)C(F)C1. The maximum atomic E-state index is 15.5. The first-order valence-electron chi connectivity index (χ1n) is 11.0. The predicted octanol–water partition coefficient (Wildman–Crippen LogP) is 2.65. The number of carbonyl (C=O) groups excluding carboxylic acids is 4. The number of amides is 4. The van der Waals surface area contributed by atoms with Gasteiger partial charge in [-0.15, -0.1) is 0 Å². The summed E-state index contributed by atoms with van der Waals surface area (Å²) in [7, 11) is 0. The van der Waals surface area contributed by atoms with Gasteiger partial charge in [0.2, 0.25) is 11.8 Å². The fourth-order valence-corrected chi connectivity index (χ4v) is 4.66. The number of piperidine rings is 2. The van der Waals surface area contributed by atoms with Crippen molar-refractivity contribution < 1.29 is 32.7 Å². The number of fused-ring (bicyclic) bond motifs is 1. The molecule has 0 aromatic heterocycles. The molecule has 0 bridgehead atoms. The number of alkyl halides is 1. The summed E-state index contributed by atoms with van der Waals surface area (Å²) < 4.78 is 35.8. The van der Waals surface area contributed by atoms with E-state index in [1.807, 2.05) is 0 Å². The second-order valence-electron chi connectivity index (χ2n) is 9.73. The van der Waals surface area contributed by atoms with E-state index in [-0.39, 0.29) is 55.6 Å². The van der Waals surface area contributed by atoms with Gasteiger partial charge in [-0.25, -0.2) is 13.6 Å². The lowest BCUT2D eigenvalue weighted by Crippen LogP contribution is -2.52. The number of halogens is 2. The van der Waals surface area contributed by atoms with Crippen molar-refractivity contribution in [2.75, 3.05) is 13.1 Å². The summed E-state index contributed by atoms with van der Waals surface area (Å²) in [4.78, 5) is 51.2. The Morgan fingerprint density at radius 2 is 1.91 bits per heavy atom. The minimum absolute atomic E-state index is 0.101. The summed E-state index contributed by atoms with van der Waals surface area (Å²) in [6.45, 7) is 5.07. The van der Waals surface area contributed by atoms with Crippen LogP contribution < -0.4 is 5.32 Å². The molecular weight excluding hydrogens is 436 g/mol. The number of nitrogens with zero attached hydrogens (tertiary/aromatic N) is 2. The minimum Gasteiger partial charge on any atom is -0.444 e. The summed E-state index contributed by atoms with van der Waals surface area (Å²) in [6.07, 6.45) is -1.62. The third kappa shape index (κ3) is 4.43. The van der Waals surface area contributed by atoms with Gasteiger partial charge >= 0.3 is 6.09 Å². The Morgan fingerprint density at radius 1 is 1.18 bits per heavy atom. The second-order valence-corrected chi connectivity index (χ2v) is 9.73. The number of rotatable bonds is 2. The van der Waals surface area contributed by atoms with E-state index in [0.29, 0.717) is 0 Å². The van der Waals surface area contributed by atoms with E-state index in [1.165, 1.54) is 21.9 Å². The van der Waals surface area contributed by atoms with Crippen LogP contribution in [-0.4, -0.2) is 64.5 Å². The molecule has 3 aliphatic heterocycles. The molecule has 0 saturated carbocycles. The Hall–Kier alpha value is -3.04. The highest BCUT2D eigenvalue weighted by Gasteiger charge is 2.42.